The van der Waals surface area contributed by atoms with Crippen molar-refractivity contribution in [3.63, 3.8) is 0 Å². The van der Waals surface area contributed by atoms with Gasteiger partial charge in [-0.1, -0.05) is 24.3 Å². The van der Waals surface area contributed by atoms with Gasteiger partial charge in [-0.25, -0.2) is 0 Å². The summed E-state index contributed by atoms with van der Waals surface area (Å²) in [6, 6.07) is 13.5. The van der Waals surface area contributed by atoms with Gasteiger partial charge >= 0.3 is 0 Å². The summed E-state index contributed by atoms with van der Waals surface area (Å²) in [5, 5.41) is 2.95. The Morgan fingerprint density at radius 2 is 1.92 bits per heavy atom. The Labute approximate surface area is 147 Å². The van der Waals surface area contributed by atoms with E-state index in [9.17, 15) is 4.79 Å². The SMILES string of the molecule is COc1ccccc1CCC(=O)NCc1ccc2c(c1)OCCCO2. The fourth-order valence-electron chi connectivity index (χ4n) is 2.76. The average molecular weight is 341 g/mol. The summed E-state index contributed by atoms with van der Waals surface area (Å²) in [6.45, 7) is 1.80. The average Bonchev–Trinajstić information content (AvgIpc) is 2.89. The van der Waals surface area contributed by atoms with E-state index in [1.54, 1.807) is 7.11 Å². The summed E-state index contributed by atoms with van der Waals surface area (Å²) in [6.07, 6.45) is 1.95. The van der Waals surface area contributed by atoms with Crippen molar-refractivity contribution < 1.29 is 19.0 Å². The van der Waals surface area contributed by atoms with Gasteiger partial charge in [-0.15, -0.1) is 0 Å². The summed E-state index contributed by atoms with van der Waals surface area (Å²) in [7, 11) is 1.64. The van der Waals surface area contributed by atoms with Gasteiger partial charge < -0.3 is 19.5 Å². The van der Waals surface area contributed by atoms with E-state index in [2.05, 4.69) is 5.32 Å². The normalized spacial score (nSPS) is 13.0. The summed E-state index contributed by atoms with van der Waals surface area (Å²) in [5.74, 6) is 2.35. The van der Waals surface area contributed by atoms with Crippen LogP contribution in [0.5, 0.6) is 17.2 Å². The second-order valence-corrected chi connectivity index (χ2v) is 5.92. The lowest BCUT2D eigenvalue weighted by molar-refractivity contribution is -0.121. The minimum atomic E-state index is 0.0121. The molecule has 0 atom stereocenters. The van der Waals surface area contributed by atoms with E-state index in [4.69, 9.17) is 14.2 Å². The van der Waals surface area contributed by atoms with E-state index in [0.717, 1.165) is 34.8 Å². The van der Waals surface area contributed by atoms with Crippen molar-refractivity contribution in [3.05, 3.63) is 53.6 Å². The number of rotatable bonds is 6. The Kier molecular flexibility index (Phi) is 5.77. The number of hydrogen-bond donors (Lipinski definition) is 1. The van der Waals surface area contributed by atoms with Crippen LogP contribution in [0.25, 0.3) is 0 Å². The van der Waals surface area contributed by atoms with Gasteiger partial charge in [0.1, 0.15) is 5.75 Å². The molecule has 3 rings (SSSR count). The van der Waals surface area contributed by atoms with Crippen LogP contribution in [0.1, 0.15) is 24.0 Å². The molecule has 2 aromatic carbocycles. The molecule has 5 heteroatoms. The smallest absolute Gasteiger partial charge is 0.220 e. The van der Waals surface area contributed by atoms with Crippen LogP contribution in [0, 0.1) is 0 Å². The molecule has 0 spiro atoms. The van der Waals surface area contributed by atoms with Crippen LogP contribution in [0.3, 0.4) is 0 Å². The number of para-hydroxylation sites is 1. The second kappa shape index (κ2) is 8.42. The quantitative estimate of drug-likeness (QED) is 0.877. The molecule has 0 saturated heterocycles. The number of methoxy groups -OCH3 is 1. The first-order valence-corrected chi connectivity index (χ1v) is 8.53. The molecule has 0 aromatic heterocycles. The number of fused-ring (bicyclic) bond motifs is 1. The van der Waals surface area contributed by atoms with Crippen LogP contribution in [0.15, 0.2) is 42.5 Å². The van der Waals surface area contributed by atoms with E-state index in [-0.39, 0.29) is 5.91 Å². The number of benzene rings is 2. The Bertz CT molecular complexity index is 729. The fourth-order valence-corrected chi connectivity index (χ4v) is 2.76. The highest BCUT2D eigenvalue weighted by atomic mass is 16.5. The molecule has 1 amide bonds. The third kappa shape index (κ3) is 4.66. The molecule has 1 N–H and O–H groups in total. The summed E-state index contributed by atoms with van der Waals surface area (Å²) >= 11 is 0. The van der Waals surface area contributed by atoms with Gasteiger partial charge in [0.2, 0.25) is 5.91 Å². The van der Waals surface area contributed by atoms with Crippen molar-refractivity contribution in [2.24, 2.45) is 0 Å². The lowest BCUT2D eigenvalue weighted by Crippen LogP contribution is -2.23. The molecule has 25 heavy (non-hydrogen) atoms. The van der Waals surface area contributed by atoms with Crippen molar-refractivity contribution in [1.82, 2.24) is 5.32 Å². The molecule has 1 aliphatic rings. The minimum Gasteiger partial charge on any atom is -0.496 e. The van der Waals surface area contributed by atoms with Gasteiger partial charge in [0.15, 0.2) is 11.5 Å². The Morgan fingerprint density at radius 3 is 2.76 bits per heavy atom. The number of carbonyl (C=O) groups is 1. The molecule has 1 aliphatic heterocycles. The molecule has 0 saturated carbocycles. The van der Waals surface area contributed by atoms with Gasteiger partial charge in [0.05, 0.1) is 20.3 Å². The van der Waals surface area contributed by atoms with Crippen molar-refractivity contribution in [2.45, 2.75) is 25.8 Å². The van der Waals surface area contributed by atoms with E-state index in [0.29, 0.717) is 32.6 Å². The van der Waals surface area contributed by atoms with E-state index in [1.807, 2.05) is 42.5 Å². The van der Waals surface area contributed by atoms with Crippen LogP contribution >= 0.6 is 0 Å². The number of carbonyl (C=O) groups excluding carboxylic acids is 1. The third-order valence-electron chi connectivity index (χ3n) is 4.12. The second-order valence-electron chi connectivity index (χ2n) is 5.92. The zero-order chi connectivity index (χ0) is 17.5. The first kappa shape index (κ1) is 17.1. The largest absolute Gasteiger partial charge is 0.496 e. The lowest BCUT2D eigenvalue weighted by Gasteiger charge is -2.11. The van der Waals surface area contributed by atoms with Crippen molar-refractivity contribution in [1.29, 1.82) is 0 Å². The highest BCUT2D eigenvalue weighted by molar-refractivity contribution is 5.76. The van der Waals surface area contributed by atoms with Gasteiger partial charge in [0, 0.05) is 19.4 Å². The van der Waals surface area contributed by atoms with Crippen molar-refractivity contribution >= 4 is 5.91 Å². The topological polar surface area (TPSA) is 56.8 Å². The number of nitrogens with one attached hydrogen (secondary N) is 1. The predicted molar refractivity (Wildman–Crippen MR) is 95.2 cm³/mol. The molecule has 0 aliphatic carbocycles. The summed E-state index contributed by atoms with van der Waals surface area (Å²) in [5.41, 5.74) is 2.03. The first-order chi connectivity index (χ1) is 12.3. The molecule has 1 heterocycles. The van der Waals surface area contributed by atoms with E-state index in [1.165, 1.54) is 0 Å². The highest BCUT2D eigenvalue weighted by Gasteiger charge is 2.11. The highest BCUT2D eigenvalue weighted by Crippen LogP contribution is 2.30. The van der Waals surface area contributed by atoms with Gasteiger partial charge in [-0.3, -0.25) is 4.79 Å². The molecule has 0 radical (unpaired) electrons. The minimum absolute atomic E-state index is 0.0121. The Hall–Kier alpha value is -2.69. The lowest BCUT2D eigenvalue weighted by atomic mass is 10.1. The zero-order valence-corrected chi connectivity index (χ0v) is 14.4. The van der Waals surface area contributed by atoms with Gasteiger partial charge in [-0.2, -0.15) is 0 Å². The van der Waals surface area contributed by atoms with E-state index < -0.39 is 0 Å². The van der Waals surface area contributed by atoms with Crippen LogP contribution in [-0.2, 0) is 17.8 Å². The molecular weight excluding hydrogens is 318 g/mol. The Morgan fingerprint density at radius 1 is 1.12 bits per heavy atom. The number of ether oxygens (including phenoxy) is 3. The Balaban J connectivity index is 1.51. The molecule has 5 nitrogen and oxygen atoms in total. The van der Waals surface area contributed by atoms with Gasteiger partial charge in [0.25, 0.3) is 0 Å². The number of aryl methyl sites for hydroxylation is 1. The zero-order valence-electron chi connectivity index (χ0n) is 14.4. The third-order valence-corrected chi connectivity index (χ3v) is 4.12. The van der Waals surface area contributed by atoms with Crippen LogP contribution in [-0.4, -0.2) is 26.2 Å². The fraction of sp³-hybridized carbons (Fsp3) is 0.350. The predicted octanol–water partition coefficient (Wildman–Crippen LogP) is 3.11. The van der Waals surface area contributed by atoms with Gasteiger partial charge in [-0.05, 0) is 35.7 Å². The van der Waals surface area contributed by atoms with E-state index >= 15 is 0 Å². The van der Waals surface area contributed by atoms with Crippen LogP contribution in [0.4, 0.5) is 0 Å². The maximum atomic E-state index is 12.1. The summed E-state index contributed by atoms with van der Waals surface area (Å²) in [4.78, 5) is 12.1. The molecule has 2 aromatic rings. The molecule has 0 bridgehead atoms. The molecule has 0 fully saturated rings. The van der Waals surface area contributed by atoms with Crippen LogP contribution < -0.4 is 19.5 Å². The maximum absolute atomic E-state index is 12.1. The van der Waals surface area contributed by atoms with Crippen molar-refractivity contribution in [2.75, 3.05) is 20.3 Å². The number of amides is 1. The maximum Gasteiger partial charge on any atom is 0.220 e. The molecular formula is C20H23NO4. The number of hydrogen-bond acceptors (Lipinski definition) is 4. The monoisotopic (exact) mass is 341 g/mol. The standard InChI is InChI=1S/C20H23NO4/c1-23-17-6-3-2-5-16(17)8-10-20(22)21-14-15-7-9-18-19(13-15)25-12-4-11-24-18/h2-3,5-7,9,13H,4,8,10-12,14H2,1H3,(H,21,22). The van der Waals surface area contributed by atoms with Crippen molar-refractivity contribution in [3.8, 4) is 17.2 Å². The first-order valence-electron chi connectivity index (χ1n) is 8.53. The molecule has 0 unspecified atom stereocenters. The summed E-state index contributed by atoms with van der Waals surface area (Å²) < 4.78 is 16.6. The molecule has 132 valence electrons. The van der Waals surface area contributed by atoms with Crippen LogP contribution in [0.2, 0.25) is 0 Å².